The van der Waals surface area contributed by atoms with Crippen molar-refractivity contribution >= 4 is 12.2 Å². The van der Waals surface area contributed by atoms with Crippen molar-refractivity contribution in [2.45, 2.75) is 26.7 Å². The molecule has 0 amide bonds. The van der Waals surface area contributed by atoms with Gasteiger partial charge in [0, 0.05) is 16.8 Å². The molecule has 0 aliphatic carbocycles. The van der Waals surface area contributed by atoms with E-state index in [0.717, 1.165) is 17.0 Å². The molecule has 0 atom stereocenters. The van der Waals surface area contributed by atoms with E-state index in [1.54, 1.807) is 25.3 Å². The van der Waals surface area contributed by atoms with Crippen molar-refractivity contribution in [1.82, 2.24) is 4.98 Å². The van der Waals surface area contributed by atoms with Gasteiger partial charge in [0.25, 0.3) is 0 Å². The monoisotopic (exact) mass is 315 g/mol. The van der Waals surface area contributed by atoms with E-state index < -0.39 is 0 Å². The minimum Gasteiger partial charge on any atom is -0.496 e. The summed E-state index contributed by atoms with van der Waals surface area (Å²) in [4.78, 5) is 4.38. The van der Waals surface area contributed by atoms with Gasteiger partial charge in [-0.1, -0.05) is 19.9 Å². The molecule has 0 aliphatic heterocycles. The second-order valence-corrected chi connectivity index (χ2v) is 5.62. The van der Waals surface area contributed by atoms with Crippen LogP contribution in [0.1, 0.15) is 42.3 Å². The molecule has 4 heteroatoms. The molecule has 1 aromatic heterocycles. The van der Waals surface area contributed by atoms with Crippen LogP contribution >= 0.6 is 0 Å². The topological polar surface area (TPSA) is 31.4 Å². The lowest BCUT2D eigenvalue weighted by molar-refractivity contribution is 0.362. The number of aromatic nitrogens is 1. The average Bonchev–Trinajstić information content (AvgIpc) is 2.53. The maximum Gasteiger partial charge on any atom is 0.172 e. The summed E-state index contributed by atoms with van der Waals surface area (Å²) in [5, 5.41) is 0. The van der Waals surface area contributed by atoms with E-state index in [1.165, 1.54) is 7.11 Å². The molecule has 1 aromatic carbocycles. The van der Waals surface area contributed by atoms with Crippen molar-refractivity contribution < 1.29 is 13.9 Å². The van der Waals surface area contributed by atoms with Gasteiger partial charge in [0.1, 0.15) is 5.75 Å². The van der Waals surface area contributed by atoms with E-state index in [9.17, 15) is 4.39 Å². The Morgan fingerprint density at radius 2 is 1.87 bits per heavy atom. The van der Waals surface area contributed by atoms with Crippen LogP contribution in [0.2, 0.25) is 0 Å². The Morgan fingerprint density at radius 3 is 2.43 bits per heavy atom. The first-order valence-electron chi connectivity index (χ1n) is 7.54. The number of benzene rings is 1. The maximum absolute atomic E-state index is 14.7. The summed E-state index contributed by atoms with van der Waals surface area (Å²) < 4.78 is 25.4. The zero-order valence-electron chi connectivity index (χ0n) is 14.2. The second kappa shape index (κ2) is 7.27. The second-order valence-electron chi connectivity index (χ2n) is 5.62. The molecule has 2 rings (SSSR count). The minimum atomic E-state index is -0.388. The predicted octanol–water partition coefficient (Wildman–Crippen LogP) is 4.84. The molecular formula is C19H22FNO2. The largest absolute Gasteiger partial charge is 0.496 e. The lowest BCUT2D eigenvalue weighted by Gasteiger charge is -2.18. The van der Waals surface area contributed by atoms with Crippen molar-refractivity contribution in [3.63, 3.8) is 0 Å². The summed E-state index contributed by atoms with van der Waals surface area (Å²) in [7, 11) is 3.05. The Hall–Kier alpha value is -2.36. The van der Waals surface area contributed by atoms with Crippen molar-refractivity contribution in [3.8, 4) is 11.5 Å². The summed E-state index contributed by atoms with van der Waals surface area (Å²) in [6.07, 6.45) is 3.46. The molecule has 0 aliphatic rings. The normalized spacial score (nSPS) is 11.3. The van der Waals surface area contributed by atoms with E-state index in [4.69, 9.17) is 9.47 Å². The van der Waals surface area contributed by atoms with Crippen molar-refractivity contribution in [2.24, 2.45) is 0 Å². The fraction of sp³-hybridized carbons (Fsp3) is 0.316. The molecule has 0 unspecified atom stereocenters. The van der Waals surface area contributed by atoms with Gasteiger partial charge in [0.2, 0.25) is 0 Å². The summed E-state index contributed by atoms with van der Waals surface area (Å²) in [6, 6.07) is 7.40. The SMILES string of the molecule is COc1cc(/C=C/c2cccc(C)n2)c(F)c(OC)c1C(C)C. The van der Waals surface area contributed by atoms with Crippen LogP contribution in [0, 0.1) is 12.7 Å². The predicted molar refractivity (Wildman–Crippen MR) is 91.5 cm³/mol. The number of nitrogens with zero attached hydrogens (tertiary/aromatic N) is 1. The van der Waals surface area contributed by atoms with Gasteiger partial charge in [-0.2, -0.15) is 0 Å². The number of ether oxygens (including phenoxy) is 2. The zero-order chi connectivity index (χ0) is 17.0. The van der Waals surface area contributed by atoms with Crippen LogP contribution < -0.4 is 9.47 Å². The number of halogens is 1. The van der Waals surface area contributed by atoms with E-state index in [-0.39, 0.29) is 17.5 Å². The Morgan fingerprint density at radius 1 is 1.13 bits per heavy atom. The van der Waals surface area contributed by atoms with E-state index in [0.29, 0.717) is 11.3 Å². The van der Waals surface area contributed by atoms with Crippen LogP contribution in [0.5, 0.6) is 11.5 Å². The van der Waals surface area contributed by atoms with Gasteiger partial charge in [-0.05, 0) is 43.2 Å². The number of hydrogen-bond donors (Lipinski definition) is 0. The van der Waals surface area contributed by atoms with E-state index in [2.05, 4.69) is 4.98 Å². The van der Waals surface area contributed by atoms with Crippen LogP contribution in [0.3, 0.4) is 0 Å². The Kier molecular flexibility index (Phi) is 5.37. The standard InChI is InChI=1S/C19H22FNO2/c1-12(2)17-16(22-4)11-14(18(20)19(17)23-5)9-10-15-8-6-7-13(3)21-15/h6-12H,1-5H3/b10-9+. The summed E-state index contributed by atoms with van der Waals surface area (Å²) in [6.45, 7) is 5.87. The molecule has 3 nitrogen and oxygen atoms in total. The van der Waals surface area contributed by atoms with E-state index >= 15 is 0 Å². The fourth-order valence-electron chi connectivity index (χ4n) is 2.51. The molecule has 122 valence electrons. The molecule has 0 fully saturated rings. The van der Waals surface area contributed by atoms with Crippen molar-refractivity contribution in [1.29, 1.82) is 0 Å². The number of pyridine rings is 1. The van der Waals surface area contributed by atoms with Crippen molar-refractivity contribution in [3.05, 3.63) is 52.6 Å². The molecule has 0 radical (unpaired) electrons. The first-order chi connectivity index (χ1) is 11.0. The molecule has 0 spiro atoms. The van der Waals surface area contributed by atoms with E-state index in [1.807, 2.05) is 39.0 Å². The molecule has 0 saturated carbocycles. The van der Waals surface area contributed by atoms with Gasteiger partial charge in [0.05, 0.1) is 19.9 Å². The Balaban J connectivity index is 2.51. The fourth-order valence-corrected chi connectivity index (χ4v) is 2.51. The lowest BCUT2D eigenvalue weighted by Crippen LogP contribution is -2.03. The lowest BCUT2D eigenvalue weighted by atomic mass is 9.97. The zero-order valence-corrected chi connectivity index (χ0v) is 14.2. The summed E-state index contributed by atoms with van der Waals surface area (Å²) >= 11 is 0. The highest BCUT2D eigenvalue weighted by Gasteiger charge is 2.21. The third-order valence-electron chi connectivity index (χ3n) is 3.59. The van der Waals surface area contributed by atoms with Gasteiger partial charge < -0.3 is 9.47 Å². The maximum atomic E-state index is 14.7. The van der Waals surface area contributed by atoms with Crippen LogP contribution in [-0.2, 0) is 0 Å². The highest BCUT2D eigenvalue weighted by atomic mass is 19.1. The summed E-state index contributed by atoms with van der Waals surface area (Å²) in [5.74, 6) is 0.554. The number of rotatable bonds is 5. The number of methoxy groups -OCH3 is 2. The van der Waals surface area contributed by atoms with Gasteiger partial charge in [-0.3, -0.25) is 4.98 Å². The number of aryl methyl sites for hydroxylation is 1. The van der Waals surface area contributed by atoms with Crippen LogP contribution in [0.25, 0.3) is 12.2 Å². The third-order valence-corrected chi connectivity index (χ3v) is 3.59. The van der Waals surface area contributed by atoms with Gasteiger partial charge >= 0.3 is 0 Å². The molecule has 0 bridgehead atoms. The highest BCUT2D eigenvalue weighted by molar-refractivity contribution is 5.71. The first-order valence-corrected chi connectivity index (χ1v) is 7.54. The molecule has 0 saturated heterocycles. The van der Waals surface area contributed by atoms with Gasteiger partial charge in [-0.25, -0.2) is 4.39 Å². The Labute approximate surface area is 136 Å². The first kappa shape index (κ1) is 17.0. The minimum absolute atomic E-state index is 0.0888. The highest BCUT2D eigenvalue weighted by Crippen LogP contribution is 2.39. The molecule has 0 N–H and O–H groups in total. The molecule has 23 heavy (non-hydrogen) atoms. The quantitative estimate of drug-likeness (QED) is 0.791. The molecular weight excluding hydrogens is 293 g/mol. The number of hydrogen-bond acceptors (Lipinski definition) is 3. The van der Waals surface area contributed by atoms with Gasteiger partial charge in [0.15, 0.2) is 11.6 Å². The third kappa shape index (κ3) is 3.70. The smallest absolute Gasteiger partial charge is 0.172 e. The van der Waals surface area contributed by atoms with Crippen LogP contribution in [-0.4, -0.2) is 19.2 Å². The summed E-state index contributed by atoms with van der Waals surface area (Å²) in [5.41, 5.74) is 2.83. The molecule has 1 heterocycles. The Bertz CT molecular complexity index is 724. The van der Waals surface area contributed by atoms with Crippen LogP contribution in [0.15, 0.2) is 24.3 Å². The molecule has 2 aromatic rings. The van der Waals surface area contributed by atoms with Crippen molar-refractivity contribution in [2.75, 3.05) is 14.2 Å². The van der Waals surface area contributed by atoms with Crippen LogP contribution in [0.4, 0.5) is 4.39 Å². The van der Waals surface area contributed by atoms with Gasteiger partial charge in [-0.15, -0.1) is 0 Å². The average molecular weight is 315 g/mol.